The summed E-state index contributed by atoms with van der Waals surface area (Å²) in [5.41, 5.74) is 2.59. The van der Waals surface area contributed by atoms with Crippen LogP contribution in [0.4, 0.5) is 5.69 Å². The Bertz CT molecular complexity index is 513. The summed E-state index contributed by atoms with van der Waals surface area (Å²) in [6.45, 7) is 7.78. The number of nitrogens with zero attached hydrogens (tertiary/aromatic N) is 3. The van der Waals surface area contributed by atoms with E-state index in [0.29, 0.717) is 6.54 Å². The van der Waals surface area contributed by atoms with Gasteiger partial charge in [0.25, 0.3) is 0 Å². The maximum absolute atomic E-state index is 12.0. The van der Waals surface area contributed by atoms with Crippen molar-refractivity contribution >= 4 is 11.6 Å². The first-order valence-corrected chi connectivity index (χ1v) is 8.24. The van der Waals surface area contributed by atoms with Crippen LogP contribution in [0.5, 0.6) is 0 Å². The van der Waals surface area contributed by atoms with E-state index < -0.39 is 0 Å². The summed E-state index contributed by atoms with van der Waals surface area (Å²) in [4.78, 5) is 18.5. The molecular weight excluding hydrogens is 276 g/mol. The molecule has 0 atom stereocenters. The number of nitrogens with one attached hydrogen (secondary N) is 1. The number of likely N-dealkylation sites (N-methyl/N-ethyl adjacent to an activating group) is 1. The van der Waals surface area contributed by atoms with Gasteiger partial charge in [-0.05, 0) is 18.1 Å². The lowest BCUT2D eigenvalue weighted by molar-refractivity contribution is -0.129. The minimum atomic E-state index is 0.211. The van der Waals surface area contributed by atoms with Gasteiger partial charge in [-0.15, -0.1) is 0 Å². The molecule has 1 N–H and O–H groups in total. The maximum atomic E-state index is 12.0. The topological polar surface area (TPSA) is 38.8 Å². The Hall–Kier alpha value is -1.59. The highest BCUT2D eigenvalue weighted by atomic mass is 16.2. The second-order valence-corrected chi connectivity index (χ2v) is 6.21. The highest BCUT2D eigenvalue weighted by Crippen LogP contribution is 2.22. The molecule has 2 aliphatic heterocycles. The fourth-order valence-corrected chi connectivity index (χ4v) is 3.21. The number of carbonyl (C=O) groups is 1. The Balaban J connectivity index is 1.65. The number of anilines is 1. The van der Waals surface area contributed by atoms with Gasteiger partial charge in [-0.1, -0.05) is 18.2 Å². The summed E-state index contributed by atoms with van der Waals surface area (Å²) in [5, 5.41) is 3.39. The van der Waals surface area contributed by atoms with Crippen molar-refractivity contribution in [2.75, 3.05) is 64.3 Å². The second-order valence-electron chi connectivity index (χ2n) is 6.21. The Morgan fingerprint density at radius 1 is 1.09 bits per heavy atom. The molecule has 3 rings (SSSR count). The zero-order chi connectivity index (χ0) is 15.4. The lowest BCUT2D eigenvalue weighted by Crippen LogP contribution is -2.49. The third-order valence-electron chi connectivity index (χ3n) is 4.70. The predicted octanol–water partition coefficient (Wildman–Crippen LogP) is 0.413. The monoisotopic (exact) mass is 302 g/mol. The number of carbonyl (C=O) groups excluding carboxylic acids is 1. The third-order valence-corrected chi connectivity index (χ3v) is 4.70. The van der Waals surface area contributed by atoms with E-state index in [4.69, 9.17) is 0 Å². The molecule has 5 nitrogen and oxygen atoms in total. The summed E-state index contributed by atoms with van der Waals surface area (Å²) in [6, 6.07) is 8.55. The molecule has 0 radical (unpaired) electrons. The minimum absolute atomic E-state index is 0.211. The van der Waals surface area contributed by atoms with Crippen molar-refractivity contribution in [3.8, 4) is 0 Å². The zero-order valence-corrected chi connectivity index (χ0v) is 13.4. The maximum Gasteiger partial charge on any atom is 0.241 e. The molecule has 120 valence electrons. The van der Waals surface area contributed by atoms with E-state index in [0.717, 1.165) is 52.2 Å². The van der Waals surface area contributed by atoms with E-state index >= 15 is 0 Å². The molecule has 1 aromatic rings. The van der Waals surface area contributed by atoms with E-state index in [-0.39, 0.29) is 5.91 Å². The molecule has 0 aromatic heterocycles. The van der Waals surface area contributed by atoms with Crippen LogP contribution < -0.4 is 10.2 Å². The zero-order valence-electron chi connectivity index (χ0n) is 13.4. The molecule has 5 heteroatoms. The van der Waals surface area contributed by atoms with E-state index in [1.54, 1.807) is 0 Å². The lowest BCUT2D eigenvalue weighted by atomic mass is 10.1. The number of piperazine rings is 2. The van der Waals surface area contributed by atoms with Gasteiger partial charge in [-0.3, -0.25) is 4.79 Å². The minimum Gasteiger partial charge on any atom is -0.360 e. The Morgan fingerprint density at radius 3 is 2.64 bits per heavy atom. The van der Waals surface area contributed by atoms with Gasteiger partial charge in [-0.25, -0.2) is 0 Å². The third kappa shape index (κ3) is 3.59. The van der Waals surface area contributed by atoms with Crippen molar-refractivity contribution in [2.45, 2.75) is 6.42 Å². The van der Waals surface area contributed by atoms with Crippen molar-refractivity contribution in [3.05, 3.63) is 29.8 Å². The Kier molecular flexibility index (Phi) is 4.95. The van der Waals surface area contributed by atoms with Gasteiger partial charge in [0.1, 0.15) is 0 Å². The van der Waals surface area contributed by atoms with Gasteiger partial charge in [0.15, 0.2) is 0 Å². The number of para-hydroxylation sites is 1. The van der Waals surface area contributed by atoms with Gasteiger partial charge in [0, 0.05) is 58.5 Å². The fraction of sp³-hybridized carbons (Fsp3) is 0.588. The molecule has 0 spiro atoms. The van der Waals surface area contributed by atoms with Gasteiger partial charge in [0.05, 0.1) is 6.54 Å². The number of hydrogen-bond acceptors (Lipinski definition) is 4. The normalized spacial score (nSPS) is 20.5. The van der Waals surface area contributed by atoms with Crippen LogP contribution in [-0.2, 0) is 11.2 Å². The largest absolute Gasteiger partial charge is 0.360 e. The van der Waals surface area contributed by atoms with Crippen LogP contribution in [0.1, 0.15) is 5.56 Å². The van der Waals surface area contributed by atoms with Gasteiger partial charge in [0.2, 0.25) is 5.91 Å². The number of hydrogen-bond donors (Lipinski definition) is 1. The Morgan fingerprint density at radius 2 is 1.86 bits per heavy atom. The molecule has 1 amide bonds. The van der Waals surface area contributed by atoms with Crippen LogP contribution in [0.2, 0.25) is 0 Å². The van der Waals surface area contributed by atoms with Crippen LogP contribution in [0.15, 0.2) is 24.3 Å². The average molecular weight is 302 g/mol. The summed E-state index contributed by atoms with van der Waals surface area (Å²) in [7, 11) is 1.88. The van der Waals surface area contributed by atoms with E-state index in [1.807, 2.05) is 11.9 Å². The van der Waals surface area contributed by atoms with Crippen LogP contribution in [-0.4, -0.2) is 75.1 Å². The van der Waals surface area contributed by atoms with Crippen molar-refractivity contribution in [1.82, 2.24) is 15.1 Å². The molecule has 0 aliphatic carbocycles. The molecule has 0 saturated carbocycles. The Labute approximate surface area is 132 Å². The lowest BCUT2D eigenvalue weighted by Gasteiger charge is -2.35. The first-order chi connectivity index (χ1) is 10.7. The predicted molar refractivity (Wildman–Crippen MR) is 89.3 cm³/mol. The smallest absolute Gasteiger partial charge is 0.241 e. The molecule has 2 aliphatic rings. The summed E-state index contributed by atoms with van der Waals surface area (Å²) in [5.74, 6) is 0.211. The van der Waals surface area contributed by atoms with Crippen LogP contribution in [0.3, 0.4) is 0 Å². The van der Waals surface area contributed by atoms with Gasteiger partial charge >= 0.3 is 0 Å². The molecular formula is C17H26N4O. The molecule has 2 fully saturated rings. The molecule has 1 aromatic carbocycles. The molecule has 2 heterocycles. The molecule has 0 unspecified atom stereocenters. The highest BCUT2D eigenvalue weighted by molar-refractivity contribution is 5.83. The first-order valence-electron chi connectivity index (χ1n) is 8.24. The van der Waals surface area contributed by atoms with E-state index in [1.165, 1.54) is 11.3 Å². The van der Waals surface area contributed by atoms with Crippen LogP contribution in [0, 0.1) is 0 Å². The number of benzene rings is 1. The van der Waals surface area contributed by atoms with Crippen molar-refractivity contribution in [1.29, 1.82) is 0 Å². The van der Waals surface area contributed by atoms with Crippen molar-refractivity contribution in [3.63, 3.8) is 0 Å². The quantitative estimate of drug-likeness (QED) is 0.874. The number of amides is 1. The molecule has 0 bridgehead atoms. The summed E-state index contributed by atoms with van der Waals surface area (Å²) in [6.07, 6.45) is 1.05. The summed E-state index contributed by atoms with van der Waals surface area (Å²) >= 11 is 0. The molecule has 2 saturated heterocycles. The van der Waals surface area contributed by atoms with Crippen molar-refractivity contribution in [2.24, 2.45) is 0 Å². The second kappa shape index (κ2) is 7.11. The fourth-order valence-electron chi connectivity index (χ4n) is 3.21. The van der Waals surface area contributed by atoms with Crippen molar-refractivity contribution < 1.29 is 4.79 Å². The van der Waals surface area contributed by atoms with E-state index in [9.17, 15) is 4.79 Å². The standard InChI is InChI=1S/C17H26N4O/c1-19-12-13-21(14-17(19)22)16-5-3-2-4-15(16)6-9-20-10-7-18-8-11-20/h2-5,18H,6-14H2,1H3. The SMILES string of the molecule is CN1CCN(c2ccccc2CCN2CCNCC2)CC1=O. The van der Waals surface area contributed by atoms with E-state index in [2.05, 4.69) is 39.4 Å². The summed E-state index contributed by atoms with van der Waals surface area (Å²) < 4.78 is 0. The van der Waals surface area contributed by atoms with Gasteiger partial charge in [-0.2, -0.15) is 0 Å². The van der Waals surface area contributed by atoms with Crippen LogP contribution >= 0.6 is 0 Å². The highest BCUT2D eigenvalue weighted by Gasteiger charge is 2.22. The number of rotatable bonds is 4. The van der Waals surface area contributed by atoms with Crippen LogP contribution in [0.25, 0.3) is 0 Å². The average Bonchev–Trinajstić information content (AvgIpc) is 2.57. The van der Waals surface area contributed by atoms with Gasteiger partial charge < -0.3 is 20.0 Å². The molecule has 22 heavy (non-hydrogen) atoms. The first kappa shape index (κ1) is 15.3.